The normalized spacial score (nSPS) is 11.4. The first-order valence-corrected chi connectivity index (χ1v) is 7.77. The lowest BCUT2D eigenvalue weighted by Gasteiger charge is -2.07. The molecule has 0 radical (unpaired) electrons. The maximum Gasteiger partial charge on any atom is 0.219 e. The Kier molecular flexibility index (Phi) is 11.6. The summed E-state index contributed by atoms with van der Waals surface area (Å²) in [5.74, 6) is 1.03. The molecule has 126 valence electrons. The number of carbonyl (C=O) groups excluding carboxylic acids is 1. The number of hydrogen-bond donors (Lipinski definition) is 2. The maximum atomic E-state index is 11.6. The Balaban J connectivity index is 0.00000441. The van der Waals surface area contributed by atoms with Crippen molar-refractivity contribution in [3.05, 3.63) is 29.8 Å². The van der Waals surface area contributed by atoms with Crippen LogP contribution in [-0.4, -0.2) is 25.6 Å². The van der Waals surface area contributed by atoms with Gasteiger partial charge in [-0.05, 0) is 50.3 Å². The molecule has 0 saturated carbocycles. The highest BCUT2D eigenvalue weighted by atomic mass is 35.5. The molecular weight excluding hydrogens is 300 g/mol. The van der Waals surface area contributed by atoms with Crippen LogP contribution in [0, 0.1) is 0 Å². The number of amides is 1. The lowest BCUT2D eigenvalue weighted by Crippen LogP contribution is -2.28. The second kappa shape index (κ2) is 12.3. The summed E-state index contributed by atoms with van der Waals surface area (Å²) in [6, 6.07) is 8.32. The molecule has 0 aromatic heterocycles. The molecule has 22 heavy (non-hydrogen) atoms. The largest absolute Gasteiger partial charge is 0.497 e. The minimum absolute atomic E-state index is 0. The SMILES string of the molecule is COc1ccc(CCCCCC(=O)NCCC(C)N)cc1.Cl. The number of aryl methyl sites for hydroxylation is 1. The van der Waals surface area contributed by atoms with Gasteiger partial charge in [-0.1, -0.05) is 18.6 Å². The standard InChI is InChI=1S/C17H28N2O2.ClH/c1-14(18)12-13-19-17(20)7-5-3-4-6-15-8-10-16(21-2)11-9-15;/h8-11,14H,3-7,12-13,18H2,1-2H3,(H,19,20);1H. The van der Waals surface area contributed by atoms with E-state index in [2.05, 4.69) is 17.4 Å². The zero-order chi connectivity index (χ0) is 15.5. The number of nitrogens with two attached hydrogens (primary N) is 1. The van der Waals surface area contributed by atoms with Gasteiger partial charge in [0.15, 0.2) is 0 Å². The first-order valence-electron chi connectivity index (χ1n) is 7.77. The van der Waals surface area contributed by atoms with Crippen molar-refractivity contribution in [3.8, 4) is 5.75 Å². The van der Waals surface area contributed by atoms with E-state index in [1.54, 1.807) is 7.11 Å². The van der Waals surface area contributed by atoms with Crippen LogP contribution in [0.3, 0.4) is 0 Å². The smallest absolute Gasteiger partial charge is 0.219 e. The average molecular weight is 329 g/mol. The van der Waals surface area contributed by atoms with Gasteiger partial charge in [-0.15, -0.1) is 12.4 Å². The predicted molar refractivity (Wildman–Crippen MR) is 93.7 cm³/mol. The molecule has 0 fully saturated rings. The number of ether oxygens (including phenoxy) is 1. The Hall–Kier alpha value is -1.26. The van der Waals surface area contributed by atoms with Crippen molar-refractivity contribution in [1.29, 1.82) is 0 Å². The number of unbranched alkanes of at least 4 members (excludes halogenated alkanes) is 2. The van der Waals surface area contributed by atoms with Crippen molar-refractivity contribution in [2.45, 2.75) is 51.5 Å². The van der Waals surface area contributed by atoms with Crippen molar-refractivity contribution in [2.75, 3.05) is 13.7 Å². The minimum Gasteiger partial charge on any atom is -0.497 e. The molecule has 0 aliphatic heterocycles. The lowest BCUT2D eigenvalue weighted by molar-refractivity contribution is -0.121. The summed E-state index contributed by atoms with van der Waals surface area (Å²) >= 11 is 0. The second-order valence-corrected chi connectivity index (χ2v) is 5.52. The zero-order valence-electron chi connectivity index (χ0n) is 13.6. The van der Waals surface area contributed by atoms with Gasteiger partial charge in [-0.3, -0.25) is 4.79 Å². The summed E-state index contributed by atoms with van der Waals surface area (Å²) in [5.41, 5.74) is 6.95. The molecule has 4 nitrogen and oxygen atoms in total. The summed E-state index contributed by atoms with van der Waals surface area (Å²) in [7, 11) is 1.67. The molecule has 1 aromatic rings. The molecular formula is C17H29ClN2O2. The number of halogens is 1. The average Bonchev–Trinajstić information content (AvgIpc) is 2.47. The Bertz CT molecular complexity index is 408. The Morgan fingerprint density at radius 3 is 2.50 bits per heavy atom. The number of methoxy groups -OCH3 is 1. The fraction of sp³-hybridized carbons (Fsp3) is 0.588. The third-order valence-corrected chi connectivity index (χ3v) is 3.45. The van der Waals surface area contributed by atoms with E-state index < -0.39 is 0 Å². The number of rotatable bonds is 10. The highest BCUT2D eigenvalue weighted by Crippen LogP contribution is 2.13. The fourth-order valence-electron chi connectivity index (χ4n) is 2.11. The van der Waals surface area contributed by atoms with Crippen LogP contribution in [0.2, 0.25) is 0 Å². The van der Waals surface area contributed by atoms with Crippen molar-refractivity contribution >= 4 is 18.3 Å². The lowest BCUT2D eigenvalue weighted by atomic mass is 10.1. The number of benzene rings is 1. The van der Waals surface area contributed by atoms with Gasteiger partial charge in [0, 0.05) is 19.0 Å². The maximum absolute atomic E-state index is 11.6. The highest BCUT2D eigenvalue weighted by molar-refractivity contribution is 5.85. The van der Waals surface area contributed by atoms with Crippen LogP contribution in [-0.2, 0) is 11.2 Å². The van der Waals surface area contributed by atoms with Crippen LogP contribution >= 0.6 is 12.4 Å². The Morgan fingerprint density at radius 1 is 1.23 bits per heavy atom. The predicted octanol–water partition coefficient (Wildman–Crippen LogP) is 3.07. The summed E-state index contributed by atoms with van der Waals surface area (Å²) in [6.45, 7) is 2.63. The van der Waals surface area contributed by atoms with E-state index in [-0.39, 0.29) is 24.4 Å². The molecule has 0 spiro atoms. The van der Waals surface area contributed by atoms with Gasteiger partial charge in [0.05, 0.1) is 7.11 Å². The first-order chi connectivity index (χ1) is 10.1. The summed E-state index contributed by atoms with van der Waals surface area (Å²) in [4.78, 5) is 11.6. The molecule has 1 amide bonds. The summed E-state index contributed by atoms with van der Waals surface area (Å²) < 4.78 is 5.13. The number of hydrogen-bond acceptors (Lipinski definition) is 3. The fourth-order valence-corrected chi connectivity index (χ4v) is 2.11. The molecule has 0 aliphatic rings. The van der Waals surface area contributed by atoms with Crippen LogP contribution in [0.25, 0.3) is 0 Å². The molecule has 0 saturated heterocycles. The monoisotopic (exact) mass is 328 g/mol. The van der Waals surface area contributed by atoms with E-state index in [9.17, 15) is 4.79 Å². The highest BCUT2D eigenvalue weighted by Gasteiger charge is 2.02. The molecule has 1 rings (SSSR count). The van der Waals surface area contributed by atoms with Crippen molar-refractivity contribution < 1.29 is 9.53 Å². The first kappa shape index (κ1) is 20.7. The molecule has 1 atom stereocenters. The van der Waals surface area contributed by atoms with Gasteiger partial charge in [0.25, 0.3) is 0 Å². The minimum atomic E-state index is 0. The van der Waals surface area contributed by atoms with Crippen molar-refractivity contribution in [3.63, 3.8) is 0 Å². The molecule has 1 unspecified atom stereocenters. The zero-order valence-corrected chi connectivity index (χ0v) is 14.5. The molecule has 0 bridgehead atoms. The molecule has 0 aliphatic carbocycles. The molecule has 0 heterocycles. The number of carbonyl (C=O) groups is 1. The topological polar surface area (TPSA) is 64.3 Å². The van der Waals surface area contributed by atoms with Crippen LogP contribution in [0.15, 0.2) is 24.3 Å². The third-order valence-electron chi connectivity index (χ3n) is 3.45. The number of nitrogens with one attached hydrogen (secondary N) is 1. The van der Waals surface area contributed by atoms with Crippen molar-refractivity contribution in [1.82, 2.24) is 5.32 Å². The van der Waals surface area contributed by atoms with Crippen LogP contribution < -0.4 is 15.8 Å². The Labute approximate surface area is 140 Å². The second-order valence-electron chi connectivity index (χ2n) is 5.52. The van der Waals surface area contributed by atoms with Crippen molar-refractivity contribution in [2.24, 2.45) is 5.73 Å². The summed E-state index contributed by atoms with van der Waals surface area (Å²) in [5, 5.41) is 2.90. The van der Waals surface area contributed by atoms with Gasteiger partial charge in [0.1, 0.15) is 5.75 Å². The van der Waals surface area contributed by atoms with Crippen LogP contribution in [0.5, 0.6) is 5.75 Å². The van der Waals surface area contributed by atoms with E-state index in [0.717, 1.165) is 37.9 Å². The van der Waals surface area contributed by atoms with E-state index in [0.29, 0.717) is 13.0 Å². The van der Waals surface area contributed by atoms with Gasteiger partial charge in [-0.2, -0.15) is 0 Å². The van der Waals surface area contributed by atoms with Gasteiger partial charge < -0.3 is 15.8 Å². The Morgan fingerprint density at radius 2 is 1.91 bits per heavy atom. The molecule has 5 heteroatoms. The van der Waals surface area contributed by atoms with Crippen LogP contribution in [0.1, 0.15) is 44.6 Å². The molecule has 1 aromatic carbocycles. The summed E-state index contributed by atoms with van der Waals surface area (Å²) in [6.07, 6.45) is 5.63. The van der Waals surface area contributed by atoms with E-state index in [1.165, 1.54) is 5.56 Å². The third kappa shape index (κ3) is 9.64. The molecule has 3 N–H and O–H groups in total. The van der Waals surface area contributed by atoms with Gasteiger partial charge in [0.2, 0.25) is 5.91 Å². The quantitative estimate of drug-likeness (QED) is 0.649. The van der Waals surface area contributed by atoms with Gasteiger partial charge in [-0.25, -0.2) is 0 Å². The van der Waals surface area contributed by atoms with Gasteiger partial charge >= 0.3 is 0 Å². The van der Waals surface area contributed by atoms with E-state index >= 15 is 0 Å². The van der Waals surface area contributed by atoms with Crippen LogP contribution in [0.4, 0.5) is 0 Å². The van der Waals surface area contributed by atoms with E-state index in [4.69, 9.17) is 10.5 Å². The van der Waals surface area contributed by atoms with E-state index in [1.807, 2.05) is 19.1 Å².